The topological polar surface area (TPSA) is 55.1 Å². The molecule has 0 saturated heterocycles. The minimum Gasteiger partial charge on any atom is -0.478 e. The van der Waals surface area contributed by atoms with Gasteiger partial charge in [0.25, 0.3) is 0 Å². The predicted octanol–water partition coefficient (Wildman–Crippen LogP) is 5.83. The molecule has 0 fully saturated rings. The van der Waals surface area contributed by atoms with Crippen LogP contribution in [-0.4, -0.2) is 20.9 Å². The third-order valence-corrected chi connectivity index (χ3v) is 5.06. The zero-order valence-electron chi connectivity index (χ0n) is 16.0. The van der Waals surface area contributed by atoms with E-state index < -0.39 is 11.8 Å². The second kappa shape index (κ2) is 8.15. The lowest BCUT2D eigenvalue weighted by atomic mass is 9.93. The van der Waals surface area contributed by atoms with Crippen LogP contribution in [0.3, 0.4) is 0 Å². The number of carboxylic acid groups (broad SMARTS) is 1. The smallest absolute Gasteiger partial charge is 0.339 e. The first kappa shape index (κ1) is 20.1. The van der Waals surface area contributed by atoms with Gasteiger partial charge in [-0.25, -0.2) is 13.9 Å². The average Bonchev–Trinajstić information content (AvgIpc) is 3.04. The number of hydrogen-bond donors (Lipinski definition) is 1. The molecular formula is C22H22ClFN2O2. The largest absolute Gasteiger partial charge is 0.478 e. The number of rotatable bonds is 6. The maximum Gasteiger partial charge on any atom is 0.339 e. The molecule has 0 spiro atoms. The maximum atomic E-state index is 13.6. The Bertz CT molecular complexity index is 999. The minimum absolute atomic E-state index is 0.0289. The fraction of sp³-hybridized carbons (Fsp3) is 0.273. The van der Waals surface area contributed by atoms with Crippen LogP contribution in [0.4, 0.5) is 4.39 Å². The molecule has 28 heavy (non-hydrogen) atoms. The van der Waals surface area contributed by atoms with Crippen LogP contribution in [0, 0.1) is 5.82 Å². The van der Waals surface area contributed by atoms with E-state index in [1.54, 1.807) is 10.7 Å². The first-order chi connectivity index (χ1) is 13.3. The molecule has 1 atom stereocenters. The van der Waals surface area contributed by atoms with Crippen molar-refractivity contribution >= 4 is 17.6 Å². The highest BCUT2D eigenvalue weighted by atomic mass is 35.5. The monoisotopic (exact) mass is 400 g/mol. The van der Waals surface area contributed by atoms with Crippen LogP contribution in [0.5, 0.6) is 0 Å². The Morgan fingerprint density at radius 2 is 1.86 bits per heavy atom. The molecular weight excluding hydrogens is 379 g/mol. The lowest BCUT2D eigenvalue weighted by Gasteiger charge is -2.12. The lowest BCUT2D eigenvalue weighted by molar-refractivity contribution is 0.0694. The van der Waals surface area contributed by atoms with Crippen LogP contribution in [0.2, 0.25) is 5.02 Å². The number of benzene rings is 2. The summed E-state index contributed by atoms with van der Waals surface area (Å²) < 4.78 is 15.2. The van der Waals surface area contributed by atoms with Crippen molar-refractivity contribution in [3.8, 4) is 5.69 Å². The molecule has 146 valence electrons. The molecule has 0 amide bonds. The zero-order chi connectivity index (χ0) is 20.4. The fourth-order valence-corrected chi connectivity index (χ4v) is 3.57. The summed E-state index contributed by atoms with van der Waals surface area (Å²) in [5, 5.41) is 14.5. The van der Waals surface area contributed by atoms with Gasteiger partial charge in [0.15, 0.2) is 0 Å². The van der Waals surface area contributed by atoms with E-state index in [9.17, 15) is 14.3 Å². The Morgan fingerprint density at radius 1 is 1.18 bits per heavy atom. The summed E-state index contributed by atoms with van der Waals surface area (Å²) in [6.07, 6.45) is 0.479. The van der Waals surface area contributed by atoms with Crippen molar-refractivity contribution in [1.82, 2.24) is 9.78 Å². The Kier molecular flexibility index (Phi) is 5.84. The van der Waals surface area contributed by atoms with Gasteiger partial charge in [-0.3, -0.25) is 0 Å². The van der Waals surface area contributed by atoms with Gasteiger partial charge < -0.3 is 5.11 Å². The maximum absolute atomic E-state index is 13.6. The molecule has 0 saturated carbocycles. The van der Waals surface area contributed by atoms with E-state index in [1.807, 2.05) is 51.1 Å². The molecule has 1 aromatic heterocycles. The molecule has 6 heteroatoms. The summed E-state index contributed by atoms with van der Waals surface area (Å²) in [6, 6.07) is 14.2. The fourth-order valence-electron chi connectivity index (χ4n) is 3.39. The van der Waals surface area contributed by atoms with Gasteiger partial charge in [-0.15, -0.1) is 0 Å². The SMILES string of the molecule is CC(C)c1c(C(=O)O)c(CC(C)c2ccccc2)nn1-c1ccc(F)c(Cl)c1. The first-order valence-electron chi connectivity index (χ1n) is 9.15. The number of aromatic nitrogens is 2. The molecule has 0 aliphatic heterocycles. The van der Waals surface area contributed by atoms with Crippen LogP contribution in [-0.2, 0) is 6.42 Å². The third kappa shape index (κ3) is 3.94. The normalized spacial score (nSPS) is 12.4. The molecule has 3 rings (SSSR count). The van der Waals surface area contributed by atoms with Crippen LogP contribution in [0.15, 0.2) is 48.5 Å². The molecule has 0 aliphatic rings. The number of carbonyl (C=O) groups is 1. The van der Waals surface area contributed by atoms with E-state index >= 15 is 0 Å². The summed E-state index contributed by atoms with van der Waals surface area (Å²) in [5.41, 5.74) is 2.94. The van der Waals surface area contributed by atoms with Crippen molar-refractivity contribution in [2.24, 2.45) is 0 Å². The van der Waals surface area contributed by atoms with Crippen molar-refractivity contribution in [3.05, 3.63) is 81.9 Å². The second-order valence-corrected chi connectivity index (χ2v) is 7.60. The van der Waals surface area contributed by atoms with Gasteiger partial charge in [0.2, 0.25) is 0 Å². The van der Waals surface area contributed by atoms with E-state index in [-0.39, 0.29) is 22.4 Å². The second-order valence-electron chi connectivity index (χ2n) is 7.19. The Morgan fingerprint density at radius 3 is 2.43 bits per heavy atom. The summed E-state index contributed by atoms with van der Waals surface area (Å²) >= 11 is 5.94. The van der Waals surface area contributed by atoms with Crippen LogP contribution < -0.4 is 0 Å². The molecule has 1 heterocycles. The summed E-state index contributed by atoms with van der Waals surface area (Å²) in [6.45, 7) is 5.87. The van der Waals surface area contributed by atoms with Crippen molar-refractivity contribution in [3.63, 3.8) is 0 Å². The molecule has 3 aromatic rings. The van der Waals surface area contributed by atoms with Gasteiger partial charge in [-0.1, -0.05) is 62.7 Å². The van der Waals surface area contributed by atoms with Crippen molar-refractivity contribution in [2.75, 3.05) is 0 Å². The molecule has 1 unspecified atom stereocenters. The summed E-state index contributed by atoms with van der Waals surface area (Å²) in [5.74, 6) is -1.54. The molecule has 0 aliphatic carbocycles. The van der Waals surface area contributed by atoms with Crippen molar-refractivity contribution in [1.29, 1.82) is 0 Å². The van der Waals surface area contributed by atoms with Gasteiger partial charge in [0, 0.05) is 0 Å². The number of aromatic carboxylic acids is 1. The summed E-state index contributed by atoms with van der Waals surface area (Å²) in [4.78, 5) is 12.1. The van der Waals surface area contributed by atoms with Crippen molar-refractivity contribution < 1.29 is 14.3 Å². The highest BCUT2D eigenvalue weighted by Crippen LogP contribution is 2.30. The van der Waals surface area contributed by atoms with E-state index in [1.165, 1.54) is 12.1 Å². The van der Waals surface area contributed by atoms with E-state index in [2.05, 4.69) is 5.10 Å². The van der Waals surface area contributed by atoms with Gasteiger partial charge in [-0.2, -0.15) is 5.10 Å². The van der Waals surface area contributed by atoms with E-state index in [4.69, 9.17) is 11.6 Å². The van der Waals surface area contributed by atoms with Crippen molar-refractivity contribution in [2.45, 2.75) is 39.0 Å². The lowest BCUT2D eigenvalue weighted by Crippen LogP contribution is -2.09. The Labute approximate surface area is 168 Å². The van der Waals surface area contributed by atoms with E-state index in [0.717, 1.165) is 5.56 Å². The quantitative estimate of drug-likeness (QED) is 0.566. The van der Waals surface area contributed by atoms with Gasteiger partial charge in [0.05, 0.1) is 22.1 Å². The average molecular weight is 401 g/mol. The first-order valence-corrected chi connectivity index (χ1v) is 9.52. The third-order valence-electron chi connectivity index (χ3n) is 4.77. The number of hydrogen-bond acceptors (Lipinski definition) is 2. The molecule has 1 N–H and O–H groups in total. The predicted molar refractivity (Wildman–Crippen MR) is 108 cm³/mol. The van der Waals surface area contributed by atoms with Gasteiger partial charge >= 0.3 is 5.97 Å². The molecule has 0 bridgehead atoms. The zero-order valence-corrected chi connectivity index (χ0v) is 16.7. The number of halogens is 2. The summed E-state index contributed by atoms with van der Waals surface area (Å²) in [7, 11) is 0. The molecule has 0 radical (unpaired) electrons. The van der Waals surface area contributed by atoms with Gasteiger partial charge in [0.1, 0.15) is 11.4 Å². The highest BCUT2D eigenvalue weighted by molar-refractivity contribution is 6.30. The van der Waals surface area contributed by atoms with Gasteiger partial charge in [-0.05, 0) is 42.0 Å². The van der Waals surface area contributed by atoms with Crippen LogP contribution >= 0.6 is 11.6 Å². The number of nitrogens with zero attached hydrogens (tertiary/aromatic N) is 2. The van der Waals surface area contributed by atoms with Crippen LogP contribution in [0.25, 0.3) is 5.69 Å². The highest BCUT2D eigenvalue weighted by Gasteiger charge is 2.27. The van der Waals surface area contributed by atoms with Crippen LogP contribution in [0.1, 0.15) is 59.9 Å². The minimum atomic E-state index is -1.02. The Hall–Kier alpha value is -2.66. The molecule has 2 aromatic carbocycles. The Balaban J connectivity index is 2.12. The van der Waals surface area contributed by atoms with E-state index in [0.29, 0.717) is 23.5 Å². The standard InChI is InChI=1S/C22H22ClFN2O2/c1-13(2)21-20(22(27)28)19(11-14(3)15-7-5-4-6-8-15)25-26(21)16-9-10-18(24)17(23)12-16/h4-10,12-14H,11H2,1-3H3,(H,27,28). The molecule has 4 nitrogen and oxygen atoms in total. The number of carboxylic acids is 1.